The van der Waals surface area contributed by atoms with Gasteiger partial charge in [-0.3, -0.25) is 0 Å². The van der Waals surface area contributed by atoms with Crippen molar-refractivity contribution in [3.63, 3.8) is 0 Å². The highest BCUT2D eigenvalue weighted by molar-refractivity contribution is 7.26. The fraction of sp³-hybridized carbons (Fsp3) is 0.192. The first-order valence-electron chi connectivity index (χ1n) is 19.8. The van der Waals surface area contributed by atoms with Gasteiger partial charge in [-0.15, -0.1) is 11.3 Å². The van der Waals surface area contributed by atoms with E-state index in [0.717, 1.165) is 11.8 Å². The second-order valence-corrected chi connectivity index (χ2v) is 17.8. The molecule has 1 heteroatoms. The van der Waals surface area contributed by atoms with Crippen molar-refractivity contribution in [1.29, 1.82) is 0 Å². The van der Waals surface area contributed by atoms with Crippen LogP contribution in [0.5, 0.6) is 0 Å². The number of benzene rings is 8. The van der Waals surface area contributed by atoms with E-state index in [-0.39, 0.29) is 5.41 Å². The highest BCUT2D eigenvalue weighted by Gasteiger charge is 2.62. The van der Waals surface area contributed by atoms with Gasteiger partial charge in [-0.2, -0.15) is 0 Å². The normalized spacial score (nSPS) is 23.9. The van der Waals surface area contributed by atoms with Gasteiger partial charge < -0.3 is 0 Å². The minimum absolute atomic E-state index is 0.0578. The standard InChI is InChI=1S/C52H38S/c1-2-13-35-32(12-1)29-44(50-49(35)42-19-7-9-22-45(42)52(50)33-25-30-24-31(27-33)28-34(52)26-30)48-39-17-5-3-15-37(39)47(38-16-4-6-18-40(38)48)43-21-11-20-41-36-14-8-10-23-46(36)53-51(41)43/h1-23,29-31,33-34H,24-28H2. The average molecular weight is 695 g/mol. The van der Waals surface area contributed by atoms with Gasteiger partial charge in [-0.05, 0) is 139 Å². The Labute approximate surface area is 313 Å². The molecule has 1 aromatic heterocycles. The van der Waals surface area contributed by atoms with Crippen molar-refractivity contribution in [2.45, 2.75) is 37.5 Å². The van der Waals surface area contributed by atoms with E-state index in [0.29, 0.717) is 11.8 Å². The van der Waals surface area contributed by atoms with Crippen molar-refractivity contribution in [3.05, 3.63) is 157 Å². The fourth-order valence-corrected chi connectivity index (χ4v) is 14.1. The van der Waals surface area contributed by atoms with Gasteiger partial charge in [0.15, 0.2) is 0 Å². The highest BCUT2D eigenvalue weighted by Crippen LogP contribution is 2.71. The fourth-order valence-electron chi connectivity index (χ4n) is 12.9. The number of rotatable bonds is 2. The summed E-state index contributed by atoms with van der Waals surface area (Å²) in [5.41, 5.74) is 12.0. The maximum atomic E-state index is 2.62. The van der Waals surface area contributed by atoms with E-state index in [4.69, 9.17) is 0 Å². The Hall–Kier alpha value is -5.24. The smallest absolute Gasteiger partial charge is 0.0434 e. The average Bonchev–Trinajstić information content (AvgIpc) is 3.73. The molecular formula is C52H38S. The van der Waals surface area contributed by atoms with E-state index in [1.54, 1.807) is 11.1 Å². The minimum Gasteiger partial charge on any atom is -0.135 e. The maximum Gasteiger partial charge on any atom is 0.0434 e. The van der Waals surface area contributed by atoms with Crippen molar-refractivity contribution >= 4 is 63.8 Å². The number of hydrogen-bond donors (Lipinski definition) is 0. The lowest BCUT2D eigenvalue weighted by molar-refractivity contribution is -0.0397. The Bertz CT molecular complexity index is 2940. The second-order valence-electron chi connectivity index (χ2n) is 16.7. The van der Waals surface area contributed by atoms with Gasteiger partial charge in [0.2, 0.25) is 0 Å². The Morgan fingerprint density at radius 1 is 0.415 bits per heavy atom. The number of hydrogen-bond acceptors (Lipinski definition) is 1. The monoisotopic (exact) mass is 694 g/mol. The first kappa shape index (κ1) is 29.2. The first-order valence-corrected chi connectivity index (χ1v) is 20.6. The van der Waals surface area contributed by atoms with Crippen LogP contribution in [0.3, 0.4) is 0 Å². The minimum atomic E-state index is 0.0578. The predicted molar refractivity (Wildman–Crippen MR) is 226 cm³/mol. The van der Waals surface area contributed by atoms with Gasteiger partial charge in [0.05, 0.1) is 0 Å². The van der Waals surface area contributed by atoms with Crippen LogP contribution in [0.4, 0.5) is 0 Å². The third-order valence-electron chi connectivity index (χ3n) is 14.4. The second kappa shape index (κ2) is 10.5. The quantitative estimate of drug-likeness (QED) is 0.158. The molecule has 0 aliphatic heterocycles. The van der Waals surface area contributed by atoms with E-state index in [9.17, 15) is 0 Å². The van der Waals surface area contributed by atoms with Gasteiger partial charge in [-0.25, -0.2) is 0 Å². The molecule has 4 bridgehead atoms. The number of fused-ring (bicyclic) bond motifs is 10. The van der Waals surface area contributed by atoms with Crippen molar-refractivity contribution < 1.29 is 0 Å². The van der Waals surface area contributed by atoms with Crippen LogP contribution in [0.2, 0.25) is 0 Å². The molecule has 0 saturated heterocycles. The lowest BCUT2D eigenvalue weighted by Crippen LogP contribution is -2.55. The molecule has 14 rings (SSSR count). The SMILES string of the molecule is c1ccc2c(c1)-c1c(c(-c3c4ccccc4c(-c4cccc5c4sc4ccccc45)c4ccccc34)cc3ccccc13)C21C2CC3CC(C2)CC1C3. The van der Waals surface area contributed by atoms with Crippen molar-refractivity contribution in [2.75, 3.05) is 0 Å². The van der Waals surface area contributed by atoms with Crippen molar-refractivity contribution in [3.8, 4) is 33.4 Å². The molecule has 4 fully saturated rings. The molecule has 5 aliphatic carbocycles. The van der Waals surface area contributed by atoms with E-state index in [2.05, 4.69) is 146 Å². The van der Waals surface area contributed by atoms with Crippen LogP contribution in [0, 0.1) is 23.7 Å². The molecule has 4 saturated carbocycles. The molecule has 5 aliphatic rings. The molecule has 0 amide bonds. The summed E-state index contributed by atoms with van der Waals surface area (Å²) in [6.45, 7) is 0. The van der Waals surface area contributed by atoms with Gasteiger partial charge in [-0.1, -0.05) is 133 Å². The number of thiophene rings is 1. The Morgan fingerprint density at radius 2 is 0.943 bits per heavy atom. The van der Waals surface area contributed by atoms with Crippen LogP contribution in [0.15, 0.2) is 146 Å². The Balaban J connectivity index is 1.20. The maximum absolute atomic E-state index is 2.62. The molecule has 0 nitrogen and oxygen atoms in total. The molecular weight excluding hydrogens is 657 g/mol. The molecule has 0 N–H and O–H groups in total. The summed E-state index contributed by atoms with van der Waals surface area (Å²) in [7, 11) is 0. The summed E-state index contributed by atoms with van der Waals surface area (Å²) < 4.78 is 2.73. The third-order valence-corrected chi connectivity index (χ3v) is 15.6. The molecule has 8 aromatic carbocycles. The zero-order valence-corrected chi connectivity index (χ0v) is 30.4. The Kier molecular flexibility index (Phi) is 5.77. The van der Waals surface area contributed by atoms with Gasteiger partial charge in [0, 0.05) is 31.2 Å². The molecule has 1 heterocycles. The van der Waals surface area contributed by atoms with Gasteiger partial charge >= 0.3 is 0 Å². The van der Waals surface area contributed by atoms with Crippen molar-refractivity contribution in [2.24, 2.45) is 23.7 Å². The summed E-state index contributed by atoms with van der Waals surface area (Å²) in [5.74, 6) is 3.20. The first-order chi connectivity index (χ1) is 26.3. The summed E-state index contributed by atoms with van der Waals surface area (Å²) in [6.07, 6.45) is 6.99. The van der Waals surface area contributed by atoms with Crippen LogP contribution in [0.1, 0.15) is 43.2 Å². The van der Waals surface area contributed by atoms with Gasteiger partial charge in [0.25, 0.3) is 0 Å². The molecule has 53 heavy (non-hydrogen) atoms. The highest BCUT2D eigenvalue weighted by atomic mass is 32.1. The van der Waals surface area contributed by atoms with Crippen LogP contribution in [0.25, 0.3) is 85.9 Å². The van der Waals surface area contributed by atoms with Crippen molar-refractivity contribution in [1.82, 2.24) is 0 Å². The predicted octanol–water partition coefficient (Wildman–Crippen LogP) is 14.6. The van der Waals surface area contributed by atoms with Gasteiger partial charge in [0.1, 0.15) is 0 Å². The summed E-state index contributed by atoms with van der Waals surface area (Å²) >= 11 is 1.94. The van der Waals surface area contributed by atoms with Crippen LogP contribution in [-0.2, 0) is 5.41 Å². The third kappa shape index (κ3) is 3.67. The Morgan fingerprint density at radius 3 is 1.64 bits per heavy atom. The molecule has 0 unspecified atom stereocenters. The zero-order chi connectivity index (χ0) is 34.4. The van der Waals surface area contributed by atoms with E-state index >= 15 is 0 Å². The molecule has 0 atom stereocenters. The summed E-state index contributed by atoms with van der Waals surface area (Å²) in [6, 6.07) is 56.2. The molecule has 0 radical (unpaired) electrons. The summed E-state index contributed by atoms with van der Waals surface area (Å²) in [5, 5.41) is 10.9. The lowest BCUT2D eigenvalue weighted by atomic mass is 9.42. The van der Waals surface area contributed by atoms with E-state index < -0.39 is 0 Å². The molecule has 9 aromatic rings. The lowest BCUT2D eigenvalue weighted by Gasteiger charge is -2.61. The van der Waals surface area contributed by atoms with E-state index in [1.165, 1.54) is 118 Å². The largest absolute Gasteiger partial charge is 0.135 e. The van der Waals surface area contributed by atoms with E-state index in [1.807, 2.05) is 11.3 Å². The van der Waals surface area contributed by atoms with Crippen LogP contribution < -0.4 is 0 Å². The van der Waals surface area contributed by atoms with Crippen LogP contribution >= 0.6 is 11.3 Å². The summed E-state index contributed by atoms with van der Waals surface area (Å²) in [4.78, 5) is 0. The van der Waals surface area contributed by atoms with Crippen LogP contribution in [-0.4, -0.2) is 0 Å². The molecule has 1 spiro atoms. The molecule has 252 valence electrons. The topological polar surface area (TPSA) is 0 Å². The zero-order valence-electron chi connectivity index (χ0n) is 29.6.